The normalized spacial score (nSPS) is 18.7. The number of halogens is 1. The Kier molecular flexibility index (Phi) is 11.2. The minimum absolute atomic E-state index is 0.0673. The summed E-state index contributed by atoms with van der Waals surface area (Å²) in [4.78, 5) is 45.3. The molecule has 1 N–H and O–H groups in total. The zero-order chi connectivity index (χ0) is 37.2. The van der Waals surface area contributed by atoms with Crippen LogP contribution in [0.5, 0.6) is 0 Å². The lowest BCUT2D eigenvalue weighted by molar-refractivity contribution is -0.138. The van der Waals surface area contributed by atoms with E-state index in [0.29, 0.717) is 49.8 Å². The predicted octanol–water partition coefficient (Wildman–Crippen LogP) is 6.31. The second-order valence-electron chi connectivity index (χ2n) is 15.4. The number of fused-ring (bicyclic) bond motifs is 1. The predicted molar refractivity (Wildman–Crippen MR) is 203 cm³/mol. The zero-order valence-corrected chi connectivity index (χ0v) is 32.0. The fourth-order valence-corrected chi connectivity index (χ4v) is 8.36. The number of sulfonamides is 1. The molecular formula is C40H49ClN4O6S. The number of nitrogens with one attached hydrogen (secondary N) is 1. The molecule has 1 saturated heterocycles. The lowest BCUT2D eigenvalue weighted by Gasteiger charge is -2.38. The van der Waals surface area contributed by atoms with E-state index in [9.17, 15) is 22.8 Å². The number of ether oxygens (including phenoxy) is 1. The van der Waals surface area contributed by atoms with Crippen LogP contribution >= 0.6 is 11.6 Å². The molecule has 2 fully saturated rings. The van der Waals surface area contributed by atoms with Crippen LogP contribution < -0.4 is 9.62 Å². The van der Waals surface area contributed by atoms with Crippen molar-refractivity contribution in [2.45, 2.75) is 89.4 Å². The number of amides is 3. The van der Waals surface area contributed by atoms with Gasteiger partial charge in [0.15, 0.2) is 0 Å². The number of para-hydroxylation sites is 1. The molecule has 0 aromatic heterocycles. The van der Waals surface area contributed by atoms with Gasteiger partial charge in [-0.15, -0.1) is 0 Å². The minimum Gasteiger partial charge on any atom is -0.444 e. The summed E-state index contributed by atoms with van der Waals surface area (Å²) in [5.41, 5.74) is 3.69. The molecule has 0 bridgehead atoms. The summed E-state index contributed by atoms with van der Waals surface area (Å²) >= 11 is 6.17. The van der Waals surface area contributed by atoms with E-state index in [0.717, 1.165) is 40.8 Å². The topological polar surface area (TPSA) is 116 Å². The van der Waals surface area contributed by atoms with Crippen molar-refractivity contribution in [2.75, 3.05) is 30.2 Å². The molecule has 3 aromatic rings. The minimum atomic E-state index is -3.47. The summed E-state index contributed by atoms with van der Waals surface area (Å²) in [5.74, 6) is -0.179. The standard InChI is InChI=1S/C40H49ClN4O6S/c1-40(2,3)51-39(48)44-26-31-10-6-5-9-30(31)24-36(44)37(46)42-34(23-27-15-17-32(41)18-16-27)38(47)43-21-19-29(20-22-43)33-11-7-8-12-35(33)45(52(4,49)50)25-28-13-14-28/h5-12,15-18,28-29,34,36H,13-14,19-26H2,1-4H3,(H,42,46). The van der Waals surface area contributed by atoms with E-state index in [1.165, 1.54) is 11.2 Å². The van der Waals surface area contributed by atoms with Gasteiger partial charge in [0, 0.05) is 37.5 Å². The first-order chi connectivity index (χ1) is 24.7. The van der Waals surface area contributed by atoms with Crippen molar-refractivity contribution in [3.8, 4) is 0 Å². The lowest BCUT2D eigenvalue weighted by Crippen LogP contribution is -2.58. The molecule has 3 aliphatic rings. The van der Waals surface area contributed by atoms with Crippen LogP contribution in [-0.4, -0.2) is 79.7 Å². The number of rotatable bonds is 10. The third-order valence-electron chi connectivity index (χ3n) is 10.1. The molecule has 2 aliphatic heterocycles. The highest BCUT2D eigenvalue weighted by atomic mass is 35.5. The number of piperidine rings is 1. The summed E-state index contributed by atoms with van der Waals surface area (Å²) in [6.07, 6.45) is 4.58. The first-order valence-electron chi connectivity index (χ1n) is 18.1. The Balaban J connectivity index is 1.21. The maximum absolute atomic E-state index is 14.4. The number of benzene rings is 3. The molecule has 3 aromatic carbocycles. The van der Waals surface area contributed by atoms with E-state index >= 15 is 0 Å². The Hall–Kier alpha value is -4.09. The molecule has 3 amide bonds. The summed E-state index contributed by atoms with van der Waals surface area (Å²) in [7, 11) is -3.47. The van der Waals surface area contributed by atoms with Crippen LogP contribution in [-0.2, 0) is 43.7 Å². The van der Waals surface area contributed by atoms with Gasteiger partial charge in [-0.3, -0.25) is 18.8 Å². The molecular weight excluding hydrogens is 700 g/mol. The van der Waals surface area contributed by atoms with Crippen molar-refractivity contribution < 1.29 is 27.5 Å². The summed E-state index contributed by atoms with van der Waals surface area (Å²) in [5, 5.41) is 3.62. The van der Waals surface area contributed by atoms with Crippen LogP contribution in [0.15, 0.2) is 72.8 Å². The van der Waals surface area contributed by atoms with Crippen LogP contribution in [0.25, 0.3) is 0 Å². The van der Waals surface area contributed by atoms with Crippen LogP contribution in [0.3, 0.4) is 0 Å². The Morgan fingerprint density at radius 1 is 0.923 bits per heavy atom. The van der Waals surface area contributed by atoms with Gasteiger partial charge in [-0.1, -0.05) is 66.2 Å². The Bertz CT molecular complexity index is 1880. The third kappa shape index (κ3) is 9.28. The third-order valence-corrected chi connectivity index (χ3v) is 11.5. The molecule has 6 rings (SSSR count). The highest BCUT2D eigenvalue weighted by molar-refractivity contribution is 7.92. The van der Waals surface area contributed by atoms with Gasteiger partial charge in [0.2, 0.25) is 21.8 Å². The van der Waals surface area contributed by atoms with Crippen molar-refractivity contribution in [1.82, 2.24) is 15.1 Å². The molecule has 0 radical (unpaired) electrons. The highest BCUT2D eigenvalue weighted by Crippen LogP contribution is 2.39. The van der Waals surface area contributed by atoms with E-state index in [4.69, 9.17) is 16.3 Å². The molecule has 10 nitrogen and oxygen atoms in total. The van der Waals surface area contributed by atoms with Gasteiger partial charge in [-0.05, 0) is 98.7 Å². The number of carbonyl (C=O) groups excluding carboxylic acids is 3. The molecule has 1 saturated carbocycles. The van der Waals surface area contributed by atoms with Gasteiger partial charge in [0.25, 0.3) is 0 Å². The second-order valence-corrected chi connectivity index (χ2v) is 17.7. The monoisotopic (exact) mass is 748 g/mol. The van der Waals surface area contributed by atoms with Gasteiger partial charge < -0.3 is 15.0 Å². The van der Waals surface area contributed by atoms with E-state index < -0.39 is 39.7 Å². The molecule has 278 valence electrons. The number of carbonyl (C=O) groups is 3. The lowest BCUT2D eigenvalue weighted by atomic mass is 9.87. The molecule has 52 heavy (non-hydrogen) atoms. The van der Waals surface area contributed by atoms with Crippen LogP contribution in [0.4, 0.5) is 10.5 Å². The maximum Gasteiger partial charge on any atom is 0.411 e. The Labute approximate surface area is 312 Å². The van der Waals surface area contributed by atoms with Crippen LogP contribution in [0.1, 0.15) is 74.6 Å². The average Bonchev–Trinajstić information content (AvgIpc) is 3.94. The number of nitrogens with zero attached hydrogens (tertiary/aromatic N) is 3. The van der Waals surface area contributed by atoms with E-state index in [1.54, 1.807) is 42.1 Å². The van der Waals surface area contributed by atoms with Crippen molar-refractivity contribution in [3.63, 3.8) is 0 Å². The zero-order valence-electron chi connectivity index (χ0n) is 30.4. The smallest absolute Gasteiger partial charge is 0.411 e. The molecule has 2 atom stereocenters. The average molecular weight is 749 g/mol. The highest BCUT2D eigenvalue weighted by Gasteiger charge is 2.40. The SMILES string of the molecule is CC(C)(C)OC(=O)N1Cc2ccccc2CC1C(=O)NC(Cc1ccc(Cl)cc1)C(=O)N1CCC(c2ccccc2N(CC2CC2)S(C)(=O)=O)CC1. The van der Waals surface area contributed by atoms with Crippen molar-refractivity contribution >= 4 is 45.2 Å². The largest absolute Gasteiger partial charge is 0.444 e. The summed E-state index contributed by atoms with van der Waals surface area (Å²) in [6.45, 7) is 6.96. The number of hydrogen-bond acceptors (Lipinski definition) is 6. The van der Waals surface area contributed by atoms with Gasteiger partial charge in [-0.25, -0.2) is 13.2 Å². The van der Waals surface area contributed by atoms with Gasteiger partial charge >= 0.3 is 6.09 Å². The Morgan fingerprint density at radius 2 is 1.56 bits per heavy atom. The van der Waals surface area contributed by atoms with Gasteiger partial charge in [-0.2, -0.15) is 0 Å². The maximum atomic E-state index is 14.4. The van der Waals surface area contributed by atoms with E-state index in [1.807, 2.05) is 60.7 Å². The molecule has 1 aliphatic carbocycles. The fraction of sp³-hybridized carbons (Fsp3) is 0.475. The summed E-state index contributed by atoms with van der Waals surface area (Å²) < 4.78 is 33.1. The van der Waals surface area contributed by atoms with Crippen LogP contribution in [0.2, 0.25) is 5.02 Å². The molecule has 12 heteroatoms. The molecule has 2 heterocycles. The van der Waals surface area contributed by atoms with Gasteiger partial charge in [0.05, 0.1) is 18.5 Å². The molecule has 2 unspecified atom stereocenters. The first kappa shape index (κ1) is 37.7. The van der Waals surface area contributed by atoms with Crippen molar-refractivity contribution in [3.05, 3.63) is 100 Å². The van der Waals surface area contributed by atoms with Gasteiger partial charge in [0.1, 0.15) is 17.7 Å². The van der Waals surface area contributed by atoms with Crippen molar-refractivity contribution in [2.24, 2.45) is 5.92 Å². The molecule has 0 spiro atoms. The summed E-state index contributed by atoms with van der Waals surface area (Å²) in [6, 6.07) is 20.9. The number of anilines is 1. The quantitative estimate of drug-likeness (QED) is 0.260. The fourth-order valence-electron chi connectivity index (χ4n) is 7.23. The Morgan fingerprint density at radius 3 is 2.19 bits per heavy atom. The van der Waals surface area contributed by atoms with E-state index in [-0.39, 0.29) is 24.8 Å². The van der Waals surface area contributed by atoms with E-state index in [2.05, 4.69) is 5.32 Å². The second kappa shape index (κ2) is 15.5. The van der Waals surface area contributed by atoms with Crippen molar-refractivity contribution in [1.29, 1.82) is 0 Å². The van der Waals surface area contributed by atoms with Crippen LogP contribution in [0, 0.1) is 5.92 Å². The number of hydrogen-bond donors (Lipinski definition) is 1. The number of likely N-dealkylation sites (tertiary alicyclic amines) is 1. The first-order valence-corrected chi connectivity index (χ1v) is 20.4.